The molecular weight excluding hydrogens is 138 g/mol. The minimum Gasteiger partial charge on any atom is -0.316 e. The molecule has 0 saturated carbocycles. The average molecular weight is 147 g/mol. The lowest BCUT2D eigenvalue weighted by atomic mass is 10.2. The first-order valence-corrected chi connectivity index (χ1v) is 3.60. The van der Waals surface area contributed by atoms with Crippen LogP contribution in [0, 0.1) is 5.92 Å². The molecule has 0 aliphatic carbocycles. The van der Waals surface area contributed by atoms with Crippen LogP contribution in [0.4, 0.5) is 0 Å². The van der Waals surface area contributed by atoms with E-state index >= 15 is 0 Å². The molecule has 1 nitrogen and oxygen atoms in total. The first-order valence-electron chi connectivity index (χ1n) is 2.74. The summed E-state index contributed by atoms with van der Waals surface area (Å²) in [5, 5.41) is 3.22. The average Bonchev–Trinajstić information content (AvgIpc) is 2.12. The Kier molecular flexibility index (Phi) is 2.28. The lowest BCUT2D eigenvalue weighted by molar-refractivity contribution is 0.792. The predicted molar refractivity (Wildman–Crippen MR) is 42.6 cm³/mol. The molecule has 1 aliphatic rings. The summed E-state index contributed by atoms with van der Waals surface area (Å²) in [7, 11) is 0. The highest BCUT2D eigenvalue weighted by Gasteiger charge is 2.15. The van der Waals surface area contributed by atoms with Gasteiger partial charge in [-0.05, 0) is 13.0 Å². The molecule has 0 spiro atoms. The van der Waals surface area contributed by atoms with Gasteiger partial charge in [-0.25, -0.2) is 0 Å². The van der Waals surface area contributed by atoms with Gasteiger partial charge in [0.25, 0.3) is 0 Å². The lowest BCUT2D eigenvalue weighted by Gasteiger charge is -2.00. The Balaban J connectivity index is 2.35. The summed E-state index contributed by atoms with van der Waals surface area (Å²) in [5.41, 5.74) is 0. The Labute approximate surface area is 60.3 Å². The van der Waals surface area contributed by atoms with Gasteiger partial charge in [0, 0.05) is 16.7 Å². The van der Waals surface area contributed by atoms with Crippen molar-refractivity contribution < 1.29 is 0 Å². The highest BCUT2D eigenvalue weighted by atomic mass is 32.1. The van der Waals surface area contributed by atoms with Crippen molar-refractivity contribution in [1.82, 2.24) is 5.32 Å². The Morgan fingerprint density at radius 2 is 2.50 bits per heavy atom. The summed E-state index contributed by atoms with van der Waals surface area (Å²) >= 11 is 8.96. The molecule has 0 aromatic heterocycles. The molecule has 1 aliphatic heterocycles. The van der Waals surface area contributed by atoms with E-state index in [2.05, 4.69) is 17.9 Å². The molecule has 1 unspecified atom stereocenters. The first-order chi connectivity index (χ1) is 3.80. The van der Waals surface area contributed by atoms with Crippen molar-refractivity contribution in [3.05, 3.63) is 0 Å². The Morgan fingerprint density at radius 3 is 2.75 bits per heavy atom. The molecule has 1 fully saturated rings. The van der Waals surface area contributed by atoms with Crippen LogP contribution in [0.2, 0.25) is 0 Å². The van der Waals surface area contributed by atoms with Crippen molar-refractivity contribution in [3.63, 3.8) is 0 Å². The van der Waals surface area contributed by atoms with E-state index in [1.165, 1.54) is 6.42 Å². The Morgan fingerprint density at radius 1 is 1.75 bits per heavy atom. The van der Waals surface area contributed by atoms with Crippen LogP contribution in [0.25, 0.3) is 0 Å². The van der Waals surface area contributed by atoms with Crippen LogP contribution in [0.1, 0.15) is 6.42 Å². The highest BCUT2D eigenvalue weighted by Crippen LogP contribution is 2.11. The standard InChI is InChI=1S/C5H9NS2/c7-5(8)4-1-2-6-3-4/h4,6H,1-3H2,(H,7,8). The Hall–Kier alpha value is 0.400. The van der Waals surface area contributed by atoms with Crippen LogP contribution < -0.4 is 5.32 Å². The summed E-state index contributed by atoms with van der Waals surface area (Å²) < 4.78 is 0.856. The molecule has 1 atom stereocenters. The van der Waals surface area contributed by atoms with Gasteiger partial charge in [0.1, 0.15) is 0 Å². The molecule has 46 valence electrons. The van der Waals surface area contributed by atoms with Crippen molar-refractivity contribution in [2.75, 3.05) is 13.1 Å². The molecule has 8 heavy (non-hydrogen) atoms. The fourth-order valence-corrected chi connectivity index (χ4v) is 1.29. The fourth-order valence-electron chi connectivity index (χ4n) is 0.865. The molecule has 1 saturated heterocycles. The van der Waals surface area contributed by atoms with Crippen molar-refractivity contribution in [1.29, 1.82) is 0 Å². The van der Waals surface area contributed by atoms with Crippen molar-refractivity contribution in [3.8, 4) is 0 Å². The molecule has 0 amide bonds. The summed E-state index contributed by atoms with van der Waals surface area (Å²) in [6.45, 7) is 2.13. The molecule has 1 heterocycles. The van der Waals surface area contributed by atoms with Gasteiger partial charge in [-0.3, -0.25) is 0 Å². The number of hydrogen-bond acceptors (Lipinski definition) is 2. The second-order valence-corrected chi connectivity index (χ2v) is 3.25. The van der Waals surface area contributed by atoms with Crippen molar-refractivity contribution in [2.24, 2.45) is 5.92 Å². The number of nitrogens with one attached hydrogen (secondary N) is 1. The van der Waals surface area contributed by atoms with E-state index in [0.29, 0.717) is 5.92 Å². The minimum absolute atomic E-state index is 0.549. The van der Waals surface area contributed by atoms with Crippen LogP contribution in [0.3, 0.4) is 0 Å². The molecule has 0 aromatic carbocycles. The van der Waals surface area contributed by atoms with Gasteiger partial charge in [-0.1, -0.05) is 12.2 Å². The minimum atomic E-state index is 0.549. The molecule has 3 heteroatoms. The maximum absolute atomic E-state index is 4.88. The van der Waals surface area contributed by atoms with E-state index < -0.39 is 0 Å². The van der Waals surface area contributed by atoms with Gasteiger partial charge in [0.15, 0.2) is 0 Å². The molecule has 0 radical (unpaired) electrons. The second kappa shape index (κ2) is 2.80. The zero-order chi connectivity index (χ0) is 5.98. The third kappa shape index (κ3) is 1.44. The van der Waals surface area contributed by atoms with E-state index in [1.807, 2.05) is 0 Å². The molecule has 1 N–H and O–H groups in total. The first kappa shape index (κ1) is 6.52. The van der Waals surface area contributed by atoms with Crippen LogP contribution in [0.15, 0.2) is 0 Å². The number of thiocarbonyl (C=S) groups is 1. The maximum Gasteiger partial charge on any atom is 0.0492 e. The van der Waals surface area contributed by atoms with Gasteiger partial charge in [0.05, 0.1) is 0 Å². The van der Waals surface area contributed by atoms with Crippen molar-refractivity contribution >= 4 is 29.0 Å². The zero-order valence-electron chi connectivity index (χ0n) is 4.55. The monoisotopic (exact) mass is 147 g/mol. The highest BCUT2D eigenvalue weighted by molar-refractivity contribution is 8.11. The number of rotatable bonds is 1. The normalized spacial score (nSPS) is 28.4. The van der Waals surface area contributed by atoms with Crippen LogP contribution in [0.5, 0.6) is 0 Å². The van der Waals surface area contributed by atoms with Crippen LogP contribution >= 0.6 is 24.8 Å². The molecular formula is C5H9NS2. The number of hydrogen-bond donors (Lipinski definition) is 2. The van der Waals surface area contributed by atoms with E-state index in [-0.39, 0.29) is 0 Å². The van der Waals surface area contributed by atoms with Gasteiger partial charge < -0.3 is 5.32 Å². The predicted octanol–water partition coefficient (Wildman–Crippen LogP) is 0.853. The van der Waals surface area contributed by atoms with Gasteiger partial charge in [0.2, 0.25) is 0 Å². The number of thiol groups is 1. The molecule has 1 rings (SSSR count). The summed E-state index contributed by atoms with van der Waals surface area (Å²) in [6, 6.07) is 0. The lowest BCUT2D eigenvalue weighted by Crippen LogP contribution is -2.11. The summed E-state index contributed by atoms with van der Waals surface area (Å²) in [4.78, 5) is 0. The SMILES string of the molecule is S=C(S)C1CCNC1. The quantitative estimate of drug-likeness (QED) is 0.421. The van der Waals surface area contributed by atoms with Gasteiger partial charge >= 0.3 is 0 Å². The fraction of sp³-hybridized carbons (Fsp3) is 0.800. The third-order valence-electron chi connectivity index (χ3n) is 1.41. The molecule has 0 bridgehead atoms. The van der Waals surface area contributed by atoms with Gasteiger partial charge in [-0.15, -0.1) is 12.6 Å². The third-order valence-corrected chi connectivity index (χ3v) is 2.11. The largest absolute Gasteiger partial charge is 0.316 e. The van der Waals surface area contributed by atoms with E-state index in [9.17, 15) is 0 Å². The van der Waals surface area contributed by atoms with Crippen LogP contribution in [-0.4, -0.2) is 17.3 Å². The second-order valence-electron chi connectivity index (χ2n) is 2.03. The van der Waals surface area contributed by atoms with Crippen LogP contribution in [-0.2, 0) is 0 Å². The summed E-state index contributed by atoms with van der Waals surface area (Å²) in [5.74, 6) is 0.549. The smallest absolute Gasteiger partial charge is 0.0492 e. The topological polar surface area (TPSA) is 12.0 Å². The zero-order valence-corrected chi connectivity index (χ0v) is 6.27. The Bertz CT molecular complexity index is 96.6. The van der Waals surface area contributed by atoms with E-state index in [0.717, 1.165) is 17.3 Å². The molecule has 0 aromatic rings. The summed E-state index contributed by atoms with van der Waals surface area (Å²) in [6.07, 6.45) is 1.17. The van der Waals surface area contributed by atoms with E-state index in [4.69, 9.17) is 12.2 Å². The van der Waals surface area contributed by atoms with E-state index in [1.54, 1.807) is 0 Å². The van der Waals surface area contributed by atoms with Gasteiger partial charge in [-0.2, -0.15) is 0 Å². The maximum atomic E-state index is 4.88. The van der Waals surface area contributed by atoms with Crippen molar-refractivity contribution in [2.45, 2.75) is 6.42 Å².